The maximum Gasteiger partial charge on any atom is 0.276 e. The smallest absolute Gasteiger partial charge is 0.276 e. The highest BCUT2D eigenvalue weighted by atomic mass is 16.2. The summed E-state index contributed by atoms with van der Waals surface area (Å²) in [7, 11) is 1.95. The van der Waals surface area contributed by atoms with Crippen LogP contribution in [0.1, 0.15) is 67.2 Å². The Hall–Kier alpha value is -2.25. The van der Waals surface area contributed by atoms with E-state index in [4.69, 9.17) is 0 Å². The molecule has 140 valence electrons. The van der Waals surface area contributed by atoms with Gasteiger partial charge in [0.1, 0.15) is 12.2 Å². The molecular weight excluding hydrogens is 330 g/mol. The summed E-state index contributed by atoms with van der Waals surface area (Å²) >= 11 is 0. The van der Waals surface area contributed by atoms with Gasteiger partial charge in [0.25, 0.3) is 5.91 Å². The first-order chi connectivity index (χ1) is 12.7. The van der Waals surface area contributed by atoms with Gasteiger partial charge in [-0.15, -0.1) is 15.3 Å². The van der Waals surface area contributed by atoms with Crippen molar-refractivity contribution in [2.45, 2.75) is 57.4 Å². The number of carbonyl (C=O) groups is 1. The number of hydrogen-bond acceptors (Lipinski definition) is 5. The fraction of sp³-hybridized carbons (Fsp3) is 0.722. The summed E-state index contributed by atoms with van der Waals surface area (Å²) in [6.07, 6.45) is 12.0. The van der Waals surface area contributed by atoms with Crippen molar-refractivity contribution < 1.29 is 4.79 Å². The topological polar surface area (TPSA) is 81.7 Å². The van der Waals surface area contributed by atoms with E-state index in [2.05, 4.69) is 20.5 Å². The molecule has 2 aromatic rings. The highest BCUT2D eigenvalue weighted by Crippen LogP contribution is 2.26. The summed E-state index contributed by atoms with van der Waals surface area (Å²) in [6.45, 7) is 2.31. The highest BCUT2D eigenvalue weighted by Gasteiger charge is 2.29. The van der Waals surface area contributed by atoms with Gasteiger partial charge in [0.15, 0.2) is 5.69 Å². The van der Waals surface area contributed by atoms with Crippen LogP contribution < -0.4 is 0 Å². The molecule has 0 radical (unpaired) electrons. The Morgan fingerprint density at radius 1 is 1.15 bits per heavy atom. The van der Waals surface area contributed by atoms with Crippen LogP contribution in [0.15, 0.2) is 12.5 Å². The molecule has 1 saturated heterocycles. The third-order valence-electron chi connectivity index (χ3n) is 5.75. The maximum atomic E-state index is 12.9. The summed E-state index contributed by atoms with van der Waals surface area (Å²) < 4.78 is 3.80. The Labute approximate surface area is 153 Å². The van der Waals surface area contributed by atoms with E-state index < -0.39 is 0 Å². The SMILES string of the molecule is Cn1cnnc1C1CCCN(C(=O)c2cn(CC3CCCCC3)nn2)C1. The molecule has 8 heteroatoms. The van der Waals surface area contributed by atoms with Crippen LogP contribution in [-0.2, 0) is 13.6 Å². The first kappa shape index (κ1) is 17.2. The van der Waals surface area contributed by atoms with E-state index in [-0.39, 0.29) is 11.8 Å². The van der Waals surface area contributed by atoms with Gasteiger partial charge in [-0.2, -0.15) is 0 Å². The second-order valence-corrected chi connectivity index (χ2v) is 7.72. The number of carbonyl (C=O) groups excluding carboxylic acids is 1. The summed E-state index contributed by atoms with van der Waals surface area (Å²) in [5.41, 5.74) is 0.458. The molecule has 1 aliphatic heterocycles. The van der Waals surface area contributed by atoms with Gasteiger partial charge in [-0.1, -0.05) is 24.5 Å². The number of nitrogens with zero attached hydrogens (tertiary/aromatic N) is 7. The molecule has 4 rings (SSSR count). The van der Waals surface area contributed by atoms with Gasteiger partial charge < -0.3 is 9.47 Å². The normalized spacial score (nSPS) is 21.9. The Bertz CT molecular complexity index is 746. The molecule has 2 aliphatic rings. The summed E-state index contributed by atoms with van der Waals surface area (Å²) in [4.78, 5) is 14.8. The van der Waals surface area contributed by atoms with Gasteiger partial charge in [0.2, 0.25) is 0 Å². The van der Waals surface area contributed by atoms with E-state index in [1.807, 2.05) is 27.4 Å². The molecule has 1 atom stereocenters. The highest BCUT2D eigenvalue weighted by molar-refractivity contribution is 5.92. The van der Waals surface area contributed by atoms with E-state index in [0.717, 1.165) is 31.8 Å². The van der Waals surface area contributed by atoms with Gasteiger partial charge in [0.05, 0.1) is 6.20 Å². The number of aromatic nitrogens is 6. The lowest BCUT2D eigenvalue weighted by atomic mass is 9.89. The van der Waals surface area contributed by atoms with Crippen LogP contribution in [0.5, 0.6) is 0 Å². The number of amides is 1. The number of hydrogen-bond donors (Lipinski definition) is 0. The van der Waals surface area contributed by atoms with Gasteiger partial charge in [0, 0.05) is 32.6 Å². The average molecular weight is 357 g/mol. The largest absolute Gasteiger partial charge is 0.336 e. The van der Waals surface area contributed by atoms with Crippen molar-refractivity contribution in [3.63, 3.8) is 0 Å². The van der Waals surface area contributed by atoms with Crippen molar-refractivity contribution in [1.82, 2.24) is 34.7 Å². The van der Waals surface area contributed by atoms with Crippen molar-refractivity contribution in [2.75, 3.05) is 13.1 Å². The zero-order valence-corrected chi connectivity index (χ0v) is 15.4. The minimum atomic E-state index is -0.0215. The van der Waals surface area contributed by atoms with Crippen molar-refractivity contribution in [2.24, 2.45) is 13.0 Å². The molecule has 0 spiro atoms. The van der Waals surface area contributed by atoms with E-state index in [0.29, 0.717) is 18.2 Å². The third kappa shape index (κ3) is 3.64. The van der Waals surface area contributed by atoms with Crippen molar-refractivity contribution in [3.8, 4) is 0 Å². The fourth-order valence-corrected chi connectivity index (χ4v) is 4.32. The predicted molar refractivity (Wildman–Crippen MR) is 95.5 cm³/mol. The lowest BCUT2D eigenvalue weighted by Gasteiger charge is -2.31. The Kier molecular flexibility index (Phi) is 4.99. The van der Waals surface area contributed by atoms with Crippen LogP contribution in [0.4, 0.5) is 0 Å². The van der Waals surface area contributed by atoms with Gasteiger partial charge >= 0.3 is 0 Å². The van der Waals surface area contributed by atoms with Crippen LogP contribution >= 0.6 is 0 Å². The molecule has 0 N–H and O–H groups in total. The maximum absolute atomic E-state index is 12.9. The molecule has 8 nitrogen and oxygen atoms in total. The fourth-order valence-electron chi connectivity index (χ4n) is 4.32. The summed E-state index contributed by atoms with van der Waals surface area (Å²) in [5, 5.41) is 16.5. The quantitative estimate of drug-likeness (QED) is 0.836. The van der Waals surface area contributed by atoms with Gasteiger partial charge in [-0.25, -0.2) is 0 Å². The summed E-state index contributed by atoms with van der Waals surface area (Å²) in [5.74, 6) is 1.83. The van der Waals surface area contributed by atoms with Crippen molar-refractivity contribution >= 4 is 5.91 Å². The zero-order chi connectivity index (χ0) is 17.9. The Morgan fingerprint density at radius 3 is 2.77 bits per heavy atom. The lowest BCUT2D eigenvalue weighted by Crippen LogP contribution is -2.39. The molecule has 2 aromatic heterocycles. The zero-order valence-electron chi connectivity index (χ0n) is 15.4. The molecular formula is C18H27N7O. The molecule has 1 amide bonds. The second-order valence-electron chi connectivity index (χ2n) is 7.72. The lowest BCUT2D eigenvalue weighted by molar-refractivity contribution is 0.0697. The minimum absolute atomic E-state index is 0.0215. The third-order valence-corrected chi connectivity index (χ3v) is 5.75. The monoisotopic (exact) mass is 357 g/mol. The molecule has 0 bridgehead atoms. The van der Waals surface area contributed by atoms with Crippen LogP contribution in [0.25, 0.3) is 0 Å². The van der Waals surface area contributed by atoms with Gasteiger partial charge in [-0.3, -0.25) is 9.48 Å². The summed E-state index contributed by atoms with van der Waals surface area (Å²) in [6, 6.07) is 0. The second kappa shape index (κ2) is 7.55. The van der Waals surface area contributed by atoms with Crippen LogP contribution in [0.3, 0.4) is 0 Å². The average Bonchev–Trinajstić information content (AvgIpc) is 3.31. The number of likely N-dealkylation sites (tertiary alicyclic amines) is 1. The Balaban J connectivity index is 1.40. The Morgan fingerprint density at radius 2 is 2.00 bits per heavy atom. The molecule has 1 aliphatic carbocycles. The number of aryl methyl sites for hydroxylation is 1. The molecule has 0 aromatic carbocycles. The predicted octanol–water partition coefficient (Wildman–Crippen LogP) is 2.01. The van der Waals surface area contributed by atoms with Crippen LogP contribution in [-0.4, -0.2) is 53.7 Å². The van der Waals surface area contributed by atoms with E-state index in [9.17, 15) is 4.79 Å². The first-order valence-corrected chi connectivity index (χ1v) is 9.74. The molecule has 26 heavy (non-hydrogen) atoms. The number of piperidine rings is 1. The number of rotatable bonds is 4. The first-order valence-electron chi connectivity index (χ1n) is 9.74. The van der Waals surface area contributed by atoms with Crippen LogP contribution in [0, 0.1) is 5.92 Å². The molecule has 2 fully saturated rings. The van der Waals surface area contributed by atoms with E-state index >= 15 is 0 Å². The molecule has 1 saturated carbocycles. The van der Waals surface area contributed by atoms with E-state index in [1.54, 1.807) is 6.33 Å². The van der Waals surface area contributed by atoms with Crippen molar-refractivity contribution in [3.05, 3.63) is 24.0 Å². The van der Waals surface area contributed by atoms with Crippen molar-refractivity contribution in [1.29, 1.82) is 0 Å². The van der Waals surface area contributed by atoms with E-state index in [1.165, 1.54) is 32.1 Å². The van der Waals surface area contributed by atoms with Gasteiger partial charge in [-0.05, 0) is 31.6 Å². The van der Waals surface area contributed by atoms with Crippen LogP contribution in [0.2, 0.25) is 0 Å². The molecule has 1 unspecified atom stereocenters. The standard InChI is InChI=1S/C18H27N7O/c1-23-13-19-21-17(23)15-8-5-9-24(11-15)18(26)16-12-25(22-20-16)10-14-6-3-2-4-7-14/h12-15H,2-11H2,1H3. The molecule has 3 heterocycles. The minimum Gasteiger partial charge on any atom is -0.336 e.